The molecular formula is C22H29N5O5. The van der Waals surface area contributed by atoms with Crippen molar-refractivity contribution in [2.45, 2.75) is 71.9 Å². The van der Waals surface area contributed by atoms with Crippen LogP contribution in [0.25, 0.3) is 11.1 Å². The lowest BCUT2D eigenvalue weighted by Crippen LogP contribution is -2.27. The summed E-state index contributed by atoms with van der Waals surface area (Å²) >= 11 is 0. The van der Waals surface area contributed by atoms with E-state index >= 15 is 0 Å². The predicted molar refractivity (Wildman–Crippen MR) is 121 cm³/mol. The van der Waals surface area contributed by atoms with Crippen LogP contribution in [0.2, 0.25) is 0 Å². The molecule has 0 fully saturated rings. The molecule has 0 saturated carbocycles. The van der Waals surface area contributed by atoms with Crippen LogP contribution in [-0.4, -0.2) is 25.2 Å². The number of non-ortho nitro benzene ring substituents is 1. The number of carbonyl (C=O) groups is 1. The maximum Gasteiger partial charge on any atom is 0.419 e. The summed E-state index contributed by atoms with van der Waals surface area (Å²) in [6.45, 7) is 12.5. The first-order chi connectivity index (χ1) is 14.8. The molecule has 10 nitrogen and oxygen atoms in total. The molecule has 3 aromatic rings. The molecule has 2 heterocycles. The Morgan fingerprint density at radius 3 is 2.47 bits per heavy atom. The van der Waals surface area contributed by atoms with E-state index in [1.54, 1.807) is 0 Å². The molecule has 0 atom stereocenters. The zero-order valence-corrected chi connectivity index (χ0v) is 19.3. The number of amides is 1. The molecule has 1 amide bonds. The number of hydrogen-bond acceptors (Lipinski definition) is 6. The Bertz CT molecular complexity index is 1220. The van der Waals surface area contributed by atoms with Gasteiger partial charge in [0.2, 0.25) is 5.91 Å². The number of nitro benzene ring substituents is 1. The maximum absolute atomic E-state index is 12.6. The molecule has 1 N–H and O–H groups in total. The molecule has 0 unspecified atom stereocenters. The van der Waals surface area contributed by atoms with Crippen molar-refractivity contribution in [2.75, 3.05) is 5.32 Å². The van der Waals surface area contributed by atoms with Crippen LogP contribution in [0.5, 0.6) is 0 Å². The summed E-state index contributed by atoms with van der Waals surface area (Å²) in [5.74, 6) is -0.167. The molecule has 0 radical (unpaired) electrons. The molecule has 32 heavy (non-hydrogen) atoms. The summed E-state index contributed by atoms with van der Waals surface area (Å²) in [6.07, 6.45) is 0.583. The summed E-state index contributed by atoms with van der Waals surface area (Å²) in [5, 5.41) is 18.5. The van der Waals surface area contributed by atoms with E-state index in [2.05, 4.69) is 31.2 Å². The van der Waals surface area contributed by atoms with E-state index in [1.165, 1.54) is 22.8 Å². The summed E-state index contributed by atoms with van der Waals surface area (Å²) in [6, 6.07) is 5.92. The number of nitro groups is 1. The van der Waals surface area contributed by atoms with Gasteiger partial charge in [-0.1, -0.05) is 20.8 Å². The van der Waals surface area contributed by atoms with Crippen LogP contribution in [0, 0.1) is 10.1 Å². The van der Waals surface area contributed by atoms with E-state index in [1.807, 2.05) is 31.5 Å². The number of nitrogens with one attached hydrogen (secondary N) is 1. The van der Waals surface area contributed by atoms with E-state index in [0.29, 0.717) is 17.8 Å². The van der Waals surface area contributed by atoms with Gasteiger partial charge in [0.1, 0.15) is 5.82 Å². The molecule has 0 aliphatic rings. The van der Waals surface area contributed by atoms with Crippen molar-refractivity contribution in [3.05, 3.63) is 50.6 Å². The quantitative estimate of drug-likeness (QED) is 0.450. The van der Waals surface area contributed by atoms with Crippen LogP contribution in [0.1, 0.15) is 60.1 Å². The van der Waals surface area contributed by atoms with Gasteiger partial charge in [-0.3, -0.25) is 19.5 Å². The van der Waals surface area contributed by atoms with Crippen molar-refractivity contribution < 1.29 is 14.1 Å². The molecule has 0 saturated heterocycles. The lowest BCUT2D eigenvalue weighted by atomic mass is 9.92. The highest BCUT2D eigenvalue weighted by Gasteiger charge is 2.25. The van der Waals surface area contributed by atoms with Gasteiger partial charge in [-0.05, 0) is 33.3 Å². The number of fused-ring (bicyclic) bond motifs is 1. The second-order valence-electron chi connectivity index (χ2n) is 9.83. The second-order valence-corrected chi connectivity index (χ2v) is 9.83. The van der Waals surface area contributed by atoms with Gasteiger partial charge in [-0.25, -0.2) is 9.48 Å². The van der Waals surface area contributed by atoms with Crippen molar-refractivity contribution >= 4 is 28.5 Å². The Kier molecular flexibility index (Phi) is 5.99. The van der Waals surface area contributed by atoms with E-state index < -0.39 is 10.7 Å². The standard InChI is InChI=1S/C22H29N5O5/c1-21(2,3)17-13-18(26(24-17)22(4,5)6)23-19(28)8-7-11-25-15-10-9-14(27(30)31)12-16(15)32-20(25)29/h9-10,12-13H,7-8,11H2,1-6H3,(H,23,28). The van der Waals surface area contributed by atoms with Crippen molar-refractivity contribution in [3.63, 3.8) is 0 Å². The fourth-order valence-electron chi connectivity index (χ4n) is 3.33. The Hall–Kier alpha value is -3.43. The fraction of sp³-hybridized carbons (Fsp3) is 0.500. The first-order valence-corrected chi connectivity index (χ1v) is 10.5. The number of oxazole rings is 1. The third-order valence-corrected chi connectivity index (χ3v) is 5.03. The molecule has 10 heteroatoms. The minimum atomic E-state index is -0.610. The predicted octanol–water partition coefficient (Wildman–Crippen LogP) is 4.17. The van der Waals surface area contributed by atoms with Gasteiger partial charge in [0, 0.05) is 30.5 Å². The number of nitrogens with zero attached hydrogens (tertiary/aromatic N) is 4. The minimum Gasteiger partial charge on any atom is -0.407 e. The highest BCUT2D eigenvalue weighted by atomic mass is 16.6. The van der Waals surface area contributed by atoms with Gasteiger partial charge in [-0.2, -0.15) is 5.10 Å². The Balaban J connectivity index is 1.70. The number of rotatable bonds is 6. The summed E-state index contributed by atoms with van der Waals surface area (Å²) in [5.41, 5.74) is 0.877. The van der Waals surface area contributed by atoms with E-state index in [0.717, 1.165) is 5.69 Å². The Labute approximate surface area is 185 Å². The Morgan fingerprint density at radius 1 is 1.19 bits per heavy atom. The maximum atomic E-state index is 12.6. The van der Waals surface area contributed by atoms with Crippen LogP contribution >= 0.6 is 0 Å². The van der Waals surface area contributed by atoms with Crippen molar-refractivity contribution in [3.8, 4) is 0 Å². The molecule has 2 aromatic heterocycles. The van der Waals surface area contributed by atoms with Gasteiger partial charge in [0.05, 0.1) is 27.7 Å². The lowest BCUT2D eigenvalue weighted by Gasteiger charge is -2.23. The van der Waals surface area contributed by atoms with Crippen LogP contribution in [0.4, 0.5) is 11.5 Å². The number of aryl methyl sites for hydroxylation is 1. The number of carbonyl (C=O) groups excluding carboxylic acids is 1. The first-order valence-electron chi connectivity index (χ1n) is 10.5. The molecule has 0 aliphatic carbocycles. The largest absolute Gasteiger partial charge is 0.419 e. The normalized spacial score (nSPS) is 12.3. The third-order valence-electron chi connectivity index (χ3n) is 5.03. The number of hydrogen-bond donors (Lipinski definition) is 1. The van der Waals surface area contributed by atoms with E-state index in [4.69, 9.17) is 4.42 Å². The zero-order valence-electron chi connectivity index (χ0n) is 19.3. The molecular weight excluding hydrogens is 414 g/mol. The van der Waals surface area contributed by atoms with Crippen molar-refractivity contribution in [1.29, 1.82) is 0 Å². The van der Waals surface area contributed by atoms with Crippen LogP contribution < -0.4 is 11.1 Å². The van der Waals surface area contributed by atoms with Crippen molar-refractivity contribution in [1.82, 2.24) is 14.3 Å². The molecule has 0 aliphatic heterocycles. The third kappa shape index (κ3) is 4.90. The SMILES string of the molecule is CC(C)(C)c1cc(NC(=O)CCCn2c(=O)oc3cc([N+](=O)[O-])ccc32)n(C(C)(C)C)n1. The van der Waals surface area contributed by atoms with Crippen LogP contribution in [0.3, 0.4) is 0 Å². The van der Waals surface area contributed by atoms with Gasteiger partial charge >= 0.3 is 5.76 Å². The van der Waals surface area contributed by atoms with E-state index in [-0.39, 0.29) is 41.1 Å². The molecule has 172 valence electrons. The topological polar surface area (TPSA) is 125 Å². The molecule has 1 aromatic carbocycles. The van der Waals surface area contributed by atoms with E-state index in [9.17, 15) is 19.7 Å². The number of aromatic nitrogens is 3. The van der Waals surface area contributed by atoms with Crippen LogP contribution in [0.15, 0.2) is 33.5 Å². The van der Waals surface area contributed by atoms with Gasteiger partial charge in [0.15, 0.2) is 5.58 Å². The minimum absolute atomic E-state index is 0.150. The average Bonchev–Trinajstić information content (AvgIpc) is 3.22. The molecule has 3 rings (SSSR count). The monoisotopic (exact) mass is 443 g/mol. The second kappa shape index (κ2) is 8.25. The summed E-state index contributed by atoms with van der Waals surface area (Å²) in [4.78, 5) is 35.1. The summed E-state index contributed by atoms with van der Waals surface area (Å²) in [7, 11) is 0. The number of anilines is 1. The van der Waals surface area contributed by atoms with Crippen LogP contribution in [-0.2, 0) is 22.3 Å². The van der Waals surface area contributed by atoms with Gasteiger partial charge in [0.25, 0.3) is 5.69 Å². The first kappa shape index (κ1) is 23.2. The Morgan fingerprint density at radius 2 is 1.88 bits per heavy atom. The van der Waals surface area contributed by atoms with Gasteiger partial charge < -0.3 is 9.73 Å². The molecule has 0 bridgehead atoms. The van der Waals surface area contributed by atoms with Crippen molar-refractivity contribution in [2.24, 2.45) is 0 Å². The lowest BCUT2D eigenvalue weighted by molar-refractivity contribution is -0.384. The van der Waals surface area contributed by atoms with Gasteiger partial charge in [-0.15, -0.1) is 0 Å². The zero-order chi connectivity index (χ0) is 23.8. The summed E-state index contributed by atoms with van der Waals surface area (Å²) < 4.78 is 8.31. The fourth-order valence-corrected chi connectivity index (χ4v) is 3.33. The highest BCUT2D eigenvalue weighted by molar-refractivity contribution is 5.90. The number of benzene rings is 1. The average molecular weight is 444 g/mol. The molecule has 0 spiro atoms. The highest BCUT2D eigenvalue weighted by Crippen LogP contribution is 2.28. The smallest absolute Gasteiger partial charge is 0.407 e.